The van der Waals surface area contributed by atoms with Crippen molar-refractivity contribution >= 4 is 124 Å². The van der Waals surface area contributed by atoms with Crippen molar-refractivity contribution in [3.63, 3.8) is 0 Å². The number of hydrogen-bond donors (Lipinski definition) is 9. The molecule has 36 heteroatoms. The minimum absolute atomic E-state index is 0. The van der Waals surface area contributed by atoms with Crippen LogP contribution in [0.25, 0.3) is 0 Å². The number of Topliss-reactive ketones (excluding diaryl/α,β-unsaturated/α-hetero) is 1. The van der Waals surface area contributed by atoms with Crippen LogP contribution >= 0.6 is 56.2 Å². The summed E-state index contributed by atoms with van der Waals surface area (Å²) in [5.74, 6) is 5.83. The Kier molecular flexibility index (Phi) is 62.4. The summed E-state index contributed by atoms with van der Waals surface area (Å²) in [6.07, 6.45) is 15.2. The van der Waals surface area contributed by atoms with Crippen LogP contribution in [0.5, 0.6) is 23.0 Å². The summed E-state index contributed by atoms with van der Waals surface area (Å²) in [5, 5.41) is 32.8. The minimum Gasteiger partial charge on any atom is -1.00 e. The number of nitrogen functional groups attached to an aromatic ring is 4. The van der Waals surface area contributed by atoms with E-state index in [1.807, 2.05) is 76.2 Å². The van der Waals surface area contributed by atoms with Gasteiger partial charge in [0.25, 0.3) is 0 Å². The number of ether oxygens (including phenoxy) is 7. The molecule has 0 saturated carbocycles. The number of hydrogen-bond acceptors (Lipinski definition) is 27. The third kappa shape index (κ3) is 42.1. The van der Waals surface area contributed by atoms with E-state index in [0.717, 1.165) is 178 Å². The summed E-state index contributed by atoms with van der Waals surface area (Å²) in [7, 11) is 19.0. The van der Waals surface area contributed by atoms with Gasteiger partial charge in [-0.1, -0.05) is 107 Å². The first-order valence-electron chi connectivity index (χ1n) is 37.5. The van der Waals surface area contributed by atoms with Gasteiger partial charge in [0.15, 0.2) is 23.1 Å². The number of alkyl halides is 1. The van der Waals surface area contributed by atoms with Gasteiger partial charge in [0.1, 0.15) is 44.9 Å². The second-order valence-corrected chi connectivity index (χ2v) is 29.9. The van der Waals surface area contributed by atoms with Crippen LogP contribution in [-0.4, -0.2) is 165 Å². The number of carbonyl (C=O) groups is 1. The number of aryl methyl sites for hydroxylation is 4. The Labute approximate surface area is 771 Å². The minimum atomic E-state index is -1.67. The van der Waals surface area contributed by atoms with Crippen molar-refractivity contribution in [2.45, 2.75) is 195 Å². The van der Waals surface area contributed by atoms with E-state index >= 15 is 0 Å². The van der Waals surface area contributed by atoms with E-state index in [-0.39, 0.29) is 122 Å². The molecule has 27 nitrogen and oxygen atoms in total. The quantitative estimate of drug-likeness (QED) is 0.00436. The Bertz CT molecular complexity index is 4080. The summed E-state index contributed by atoms with van der Waals surface area (Å²) in [6.45, 7) is 22.5. The predicted octanol–water partition coefficient (Wildman–Crippen LogP) is 8.73. The van der Waals surface area contributed by atoms with Gasteiger partial charge in [0.2, 0.25) is 33.0 Å². The molecule has 3 atom stereocenters. The second kappa shape index (κ2) is 64.6. The number of benzene rings is 4. The maximum Gasteiger partial charge on any atom is 1.00 e. The smallest absolute Gasteiger partial charge is 1.00 e. The number of halogens is 5. The molecule has 4 heterocycles. The number of nitrogens with two attached hydrogens (primary N) is 5. The summed E-state index contributed by atoms with van der Waals surface area (Å²) in [5.41, 5.74) is 42.6. The fourth-order valence-electron chi connectivity index (χ4n) is 11.8. The zero-order chi connectivity index (χ0) is 86.1. The molecule has 0 amide bonds. The molecule has 0 aliphatic carbocycles. The Balaban J connectivity index is -0.00000142. The largest absolute Gasteiger partial charge is 1.00 e. The third-order valence-corrected chi connectivity index (χ3v) is 18.9. The van der Waals surface area contributed by atoms with Gasteiger partial charge < -0.3 is 95.9 Å². The van der Waals surface area contributed by atoms with Crippen LogP contribution < -0.4 is 107 Å². The zero-order valence-electron chi connectivity index (χ0n) is 72.0. The second-order valence-electron chi connectivity index (χ2n) is 26.4. The van der Waals surface area contributed by atoms with E-state index in [4.69, 9.17) is 113 Å². The predicted molar refractivity (Wildman–Crippen MR) is 476 cm³/mol. The molecular weight excluding hydrogens is 1650 g/mol. The van der Waals surface area contributed by atoms with Gasteiger partial charge in [-0.15, -0.1) is 11.6 Å². The fourth-order valence-corrected chi connectivity index (χ4v) is 12.6. The first-order chi connectivity index (χ1) is 55.0. The molecule has 14 N–H and O–H groups in total. The van der Waals surface area contributed by atoms with E-state index in [2.05, 4.69) is 98.7 Å². The fraction of sp³-hybridized carbons (Fsp3) is 0.488. The molecule has 8 aromatic rings. The first-order valence-corrected chi connectivity index (χ1v) is 41.6. The van der Waals surface area contributed by atoms with Crippen LogP contribution in [0.1, 0.15) is 201 Å². The van der Waals surface area contributed by atoms with Gasteiger partial charge in [-0.2, -0.15) is 9.97 Å². The number of nitrogens with one attached hydrogen (secondary N) is 2. The van der Waals surface area contributed by atoms with E-state index in [0.29, 0.717) is 78.1 Å². The monoisotopic (exact) mass is 1770 g/mol. The van der Waals surface area contributed by atoms with Gasteiger partial charge in [0.05, 0.1) is 41.7 Å². The Morgan fingerprint density at radius 1 is 0.500 bits per heavy atom. The molecule has 0 radical (unpaired) electrons. The topological polar surface area (TPSA) is 420 Å². The van der Waals surface area contributed by atoms with Crippen molar-refractivity contribution in [1.29, 1.82) is 5.26 Å². The van der Waals surface area contributed by atoms with Crippen LogP contribution in [-0.2, 0) is 68.2 Å². The van der Waals surface area contributed by atoms with Crippen LogP contribution in [0.4, 0.5) is 35.4 Å². The van der Waals surface area contributed by atoms with Gasteiger partial charge in [-0.05, 0) is 161 Å². The van der Waals surface area contributed by atoms with E-state index in [9.17, 15) is 15.0 Å². The molecule has 4 aromatic heterocycles. The van der Waals surface area contributed by atoms with Crippen LogP contribution in [0.2, 0.25) is 10.3 Å². The normalized spacial score (nSPS) is 11.0. The van der Waals surface area contributed by atoms with Crippen molar-refractivity contribution in [1.82, 2.24) is 39.9 Å². The standard InChI is InChI=1S/C22H33ClN4O2.C22H34N4O3.C15H16ClN3O2.C14H16ClN3O2.C8H19NO.CN.Al.Cl2OS.Li.Na.4H/c1-5-6-7-18(10-11-28-3)26-21-19(15(2)25-22(24)27-21)13-17-12-16(14-23)8-9-20(17)29-4;1-5-6-7-18(10-11-28-3)25-21-19(15(2)24-22(23)26-21)13-17-12-16(14-27)8-9-20(17)29-4;1-8-12(14(16)19-15(17)18-8)7-11-6-10(9(2)20)4-5-13(11)21-3;1-8-11(13(15)18-14(16)17-8)6-10-5-9(7-19)3-4-12(10)20-2;1-3-4-5-8(9)6-7-10-2;1-2;;1-4(2)3;;;;;;/h8-9,12,18H,5-7,10-11,13-14H2,1-4H3,(H3,24,25,26,27);8-9,12,18,27H,5-7,10-11,13-14H2,1-4H3,(H3,23,24,25,26);4-6H,7H2,1-3H3,(H2,17,18,19);3-5,19H,6-7H2,1-2H3,(H2,16,17,18);8H,3-7,9H2,1-2H3;;;;;;;;;/q;;;;;-1;;;2*+1;;;;-1/t2*18-;;;8-;;;;;;;;;/m00..0........./s1. The maximum absolute atomic E-state index is 11.5. The number of methoxy groups -OCH3 is 7. The van der Waals surface area contributed by atoms with Crippen LogP contribution in [0.15, 0.2) is 72.8 Å². The summed E-state index contributed by atoms with van der Waals surface area (Å²) in [4.78, 5) is 45.5. The average Bonchev–Trinajstić information content (AvgIpc) is 0.813. The first kappa shape index (κ1) is 114. The Hall–Kier alpha value is -6.15. The van der Waals surface area contributed by atoms with Gasteiger partial charge in [-0.25, -0.2) is 34.1 Å². The molecule has 118 heavy (non-hydrogen) atoms. The molecule has 0 aliphatic rings. The maximum atomic E-state index is 11.5. The number of unbranched alkanes of at least 4 members (excludes halogenated alkanes) is 3. The number of aromatic nitrogens is 8. The van der Waals surface area contributed by atoms with Crippen molar-refractivity contribution in [2.24, 2.45) is 5.73 Å². The van der Waals surface area contributed by atoms with E-state index in [1.54, 1.807) is 68.0 Å². The van der Waals surface area contributed by atoms with Crippen molar-refractivity contribution < 1.29 is 102 Å². The van der Waals surface area contributed by atoms with Gasteiger partial charge >= 0.3 is 48.4 Å². The summed E-state index contributed by atoms with van der Waals surface area (Å²) < 4.78 is 46.3. The number of carbonyl (C=O) groups excluding carboxylic acids is 1. The van der Waals surface area contributed by atoms with Crippen molar-refractivity contribution in [3.8, 4) is 23.0 Å². The van der Waals surface area contributed by atoms with Crippen LogP contribution in [0, 0.1) is 39.5 Å². The molecule has 8 rings (SSSR count). The summed E-state index contributed by atoms with van der Waals surface area (Å²) >= 11 is 18.3. The number of rotatable bonds is 38. The number of aliphatic hydroxyl groups excluding tert-OH is 2. The number of ketones is 1. The zero-order valence-corrected chi connectivity index (χ0v) is 77.6. The van der Waals surface area contributed by atoms with E-state index < -0.39 is 9.23 Å². The molecular formula is C82H122AlCl5LiN16NaO11S. The SMILES string of the molecule is CCCC[C@@H](CCOC)Nc1nc(N)nc(C)c1Cc1cc(CCl)ccc1OC.CCCC[C@@H](CCOC)Nc1nc(N)nc(C)c1Cc1cc(CO)ccc1OC.CCCC[C@H](N)CCOC.COc1ccc(C(C)=O)cc1Cc1c(C)nc(N)nc1Cl.COc1ccc(CO)cc1Cc1c(C)nc(N)nc1Cl.O=S(Cl)Cl.[AlH3].[C-]#N.[H-].[Li+].[Na+]. The molecule has 0 spiro atoms. The third-order valence-electron chi connectivity index (χ3n) is 18.0. The molecule has 0 aliphatic heterocycles. The molecule has 642 valence electrons. The van der Waals surface area contributed by atoms with E-state index in [1.165, 1.54) is 19.8 Å². The molecule has 4 aromatic carbocycles. The van der Waals surface area contributed by atoms with Crippen molar-refractivity contribution in [2.75, 3.05) is 103 Å². The molecule has 0 unspecified atom stereocenters. The molecule has 0 bridgehead atoms. The molecule has 0 fully saturated rings. The summed E-state index contributed by atoms with van der Waals surface area (Å²) in [6, 6.07) is 23.4. The molecule has 0 saturated heterocycles. The Morgan fingerprint density at radius 3 is 1.11 bits per heavy atom. The van der Waals surface area contributed by atoms with Gasteiger partial charge in [0, 0.05) is 163 Å². The van der Waals surface area contributed by atoms with Crippen molar-refractivity contribution in [3.05, 3.63) is 179 Å². The average molecular weight is 1770 g/mol. The number of nitrogens with zero attached hydrogens (tertiary/aromatic N) is 9. The Morgan fingerprint density at radius 2 is 0.797 bits per heavy atom. The number of anilines is 6. The van der Waals surface area contributed by atoms with Gasteiger partial charge in [-0.3, -0.25) is 4.79 Å². The number of aliphatic hydroxyl groups is 2. The van der Waals surface area contributed by atoms with Crippen LogP contribution in [0.3, 0.4) is 0 Å².